The summed E-state index contributed by atoms with van der Waals surface area (Å²) in [6.07, 6.45) is -4.97. The molecule has 0 aliphatic rings. The van der Waals surface area contributed by atoms with Crippen molar-refractivity contribution in [3.8, 4) is 0 Å². The van der Waals surface area contributed by atoms with Gasteiger partial charge in [0.25, 0.3) is 0 Å². The van der Waals surface area contributed by atoms with Crippen LogP contribution in [0, 0.1) is 6.92 Å². The van der Waals surface area contributed by atoms with Crippen molar-refractivity contribution in [3.63, 3.8) is 0 Å². The van der Waals surface area contributed by atoms with Gasteiger partial charge in [-0.15, -0.1) is 0 Å². The first-order valence-corrected chi connectivity index (χ1v) is 5.73. The van der Waals surface area contributed by atoms with Crippen LogP contribution >= 0.6 is 0 Å². The van der Waals surface area contributed by atoms with E-state index in [1.807, 2.05) is 0 Å². The zero-order valence-electron chi connectivity index (χ0n) is 10.7. The van der Waals surface area contributed by atoms with Gasteiger partial charge >= 0.3 is 12.1 Å². The lowest BCUT2D eigenvalue weighted by atomic mass is 10.2. The average Bonchev–Trinajstić information content (AvgIpc) is 2.31. The number of nitrogens with one attached hydrogen (secondary N) is 2. The standard InChI is InChI=1S/C12H14F3N3O2/c1-7-2-3-8(18-11(20)12(13,14)15)9(6-7)17-10(19)4-5-16/h2-3,6H,4-5,16H2,1H3,(H,17,19)(H,18,20). The molecule has 1 aromatic rings. The van der Waals surface area contributed by atoms with Crippen LogP contribution in [0.25, 0.3) is 0 Å². The van der Waals surface area contributed by atoms with Crippen molar-refractivity contribution in [2.75, 3.05) is 17.2 Å². The number of aryl methyl sites for hydroxylation is 1. The summed E-state index contributed by atoms with van der Waals surface area (Å²) < 4.78 is 36.6. The van der Waals surface area contributed by atoms with Crippen LogP contribution in [0.2, 0.25) is 0 Å². The fourth-order valence-corrected chi connectivity index (χ4v) is 1.41. The highest BCUT2D eigenvalue weighted by molar-refractivity contribution is 6.01. The van der Waals surface area contributed by atoms with Crippen molar-refractivity contribution in [1.29, 1.82) is 0 Å². The lowest BCUT2D eigenvalue weighted by Crippen LogP contribution is -2.30. The molecular weight excluding hydrogens is 275 g/mol. The van der Waals surface area contributed by atoms with E-state index in [2.05, 4.69) is 5.32 Å². The van der Waals surface area contributed by atoms with E-state index in [1.54, 1.807) is 12.2 Å². The molecule has 0 aromatic heterocycles. The summed E-state index contributed by atoms with van der Waals surface area (Å²) >= 11 is 0. The molecule has 0 atom stereocenters. The van der Waals surface area contributed by atoms with Gasteiger partial charge in [-0.3, -0.25) is 9.59 Å². The Bertz CT molecular complexity index is 515. The lowest BCUT2D eigenvalue weighted by molar-refractivity contribution is -0.167. The van der Waals surface area contributed by atoms with E-state index < -0.39 is 18.0 Å². The molecule has 5 nitrogen and oxygen atoms in total. The minimum absolute atomic E-state index is 0.0284. The molecule has 0 saturated carbocycles. The van der Waals surface area contributed by atoms with Crippen molar-refractivity contribution >= 4 is 23.2 Å². The maximum absolute atomic E-state index is 12.2. The second-order valence-corrected chi connectivity index (χ2v) is 4.09. The van der Waals surface area contributed by atoms with Gasteiger partial charge in [-0.2, -0.15) is 13.2 Å². The van der Waals surface area contributed by atoms with E-state index >= 15 is 0 Å². The summed E-state index contributed by atoms with van der Waals surface area (Å²) in [6, 6.07) is 4.27. The smallest absolute Gasteiger partial charge is 0.330 e. The Balaban J connectivity index is 2.96. The minimum atomic E-state index is -5.00. The van der Waals surface area contributed by atoms with Crippen LogP contribution in [0.5, 0.6) is 0 Å². The molecule has 0 unspecified atom stereocenters. The molecule has 4 N–H and O–H groups in total. The van der Waals surface area contributed by atoms with Gasteiger partial charge in [0.15, 0.2) is 0 Å². The summed E-state index contributed by atoms with van der Waals surface area (Å²) in [5.41, 5.74) is 5.91. The number of rotatable bonds is 4. The molecule has 0 fully saturated rings. The van der Waals surface area contributed by atoms with Crippen molar-refractivity contribution < 1.29 is 22.8 Å². The molecule has 1 rings (SSSR count). The number of benzene rings is 1. The monoisotopic (exact) mass is 289 g/mol. The number of nitrogens with two attached hydrogens (primary N) is 1. The number of hydrogen-bond donors (Lipinski definition) is 3. The van der Waals surface area contributed by atoms with Gasteiger partial charge in [0.2, 0.25) is 5.91 Å². The maximum atomic E-state index is 12.2. The van der Waals surface area contributed by atoms with Crippen LogP contribution in [0.3, 0.4) is 0 Å². The second kappa shape index (κ2) is 6.38. The van der Waals surface area contributed by atoms with Crippen LogP contribution < -0.4 is 16.4 Å². The Morgan fingerprint density at radius 1 is 1.20 bits per heavy atom. The molecule has 0 heterocycles. The summed E-state index contributed by atoms with van der Waals surface area (Å²) in [7, 11) is 0. The molecule has 0 spiro atoms. The minimum Gasteiger partial charge on any atom is -0.330 e. The van der Waals surface area contributed by atoms with E-state index in [0.717, 1.165) is 5.56 Å². The van der Waals surface area contributed by atoms with Crippen molar-refractivity contribution in [2.45, 2.75) is 19.5 Å². The summed E-state index contributed by atoms with van der Waals surface area (Å²) in [5, 5.41) is 4.12. The number of hydrogen-bond acceptors (Lipinski definition) is 3. The number of alkyl halides is 3. The van der Waals surface area contributed by atoms with Crippen LogP contribution in [-0.2, 0) is 9.59 Å². The Kier molecular flexibility index (Phi) is 5.09. The third-order valence-electron chi connectivity index (χ3n) is 2.33. The van der Waals surface area contributed by atoms with Gasteiger partial charge in [-0.05, 0) is 24.6 Å². The molecule has 110 valence electrons. The van der Waals surface area contributed by atoms with E-state index in [1.165, 1.54) is 18.2 Å². The lowest BCUT2D eigenvalue weighted by Gasteiger charge is -2.14. The zero-order chi connectivity index (χ0) is 15.3. The van der Waals surface area contributed by atoms with E-state index in [9.17, 15) is 22.8 Å². The molecule has 0 aliphatic carbocycles. The second-order valence-electron chi connectivity index (χ2n) is 4.09. The summed E-state index contributed by atoms with van der Waals surface area (Å²) in [4.78, 5) is 22.3. The van der Waals surface area contributed by atoms with Crippen LogP contribution in [-0.4, -0.2) is 24.5 Å². The van der Waals surface area contributed by atoms with Gasteiger partial charge < -0.3 is 16.4 Å². The highest BCUT2D eigenvalue weighted by Gasteiger charge is 2.39. The van der Waals surface area contributed by atoms with Crippen molar-refractivity contribution in [1.82, 2.24) is 0 Å². The first-order valence-electron chi connectivity index (χ1n) is 5.73. The Hall–Kier alpha value is -2.09. The number of carbonyl (C=O) groups is 2. The maximum Gasteiger partial charge on any atom is 0.471 e. The largest absolute Gasteiger partial charge is 0.471 e. The van der Waals surface area contributed by atoms with Gasteiger partial charge in [-0.25, -0.2) is 0 Å². The predicted molar refractivity (Wildman–Crippen MR) is 68.2 cm³/mol. The number of carbonyl (C=O) groups excluding carboxylic acids is 2. The molecular formula is C12H14F3N3O2. The van der Waals surface area contributed by atoms with Crippen molar-refractivity contribution in [3.05, 3.63) is 23.8 Å². The quantitative estimate of drug-likeness (QED) is 0.790. The molecule has 20 heavy (non-hydrogen) atoms. The first-order chi connectivity index (χ1) is 9.24. The highest BCUT2D eigenvalue weighted by atomic mass is 19.4. The Morgan fingerprint density at radius 2 is 1.85 bits per heavy atom. The van der Waals surface area contributed by atoms with Crippen LogP contribution in [0.4, 0.5) is 24.5 Å². The van der Waals surface area contributed by atoms with Crippen molar-refractivity contribution in [2.24, 2.45) is 5.73 Å². The van der Waals surface area contributed by atoms with Gasteiger partial charge in [0.05, 0.1) is 11.4 Å². The third-order valence-corrected chi connectivity index (χ3v) is 2.33. The fraction of sp³-hybridized carbons (Fsp3) is 0.333. The topological polar surface area (TPSA) is 84.2 Å². The van der Waals surface area contributed by atoms with E-state index in [-0.39, 0.29) is 24.3 Å². The SMILES string of the molecule is Cc1ccc(NC(=O)C(F)(F)F)c(NC(=O)CCN)c1. The molecule has 0 saturated heterocycles. The number of anilines is 2. The highest BCUT2D eigenvalue weighted by Crippen LogP contribution is 2.26. The van der Waals surface area contributed by atoms with Gasteiger partial charge in [0.1, 0.15) is 0 Å². The molecule has 1 aromatic carbocycles. The van der Waals surface area contributed by atoms with Crippen LogP contribution in [0.15, 0.2) is 18.2 Å². The zero-order valence-corrected chi connectivity index (χ0v) is 10.7. The van der Waals surface area contributed by atoms with Crippen LogP contribution in [0.1, 0.15) is 12.0 Å². The number of halogens is 3. The molecule has 0 radical (unpaired) electrons. The van der Waals surface area contributed by atoms with Gasteiger partial charge in [0, 0.05) is 13.0 Å². The fourth-order valence-electron chi connectivity index (χ4n) is 1.41. The third kappa shape index (κ3) is 4.54. The normalized spacial score (nSPS) is 11.1. The predicted octanol–water partition coefficient (Wildman–Crippen LogP) is 1.78. The summed E-state index contributed by atoms with van der Waals surface area (Å²) in [6.45, 7) is 1.82. The average molecular weight is 289 g/mol. The molecule has 2 amide bonds. The Labute approximate surface area is 113 Å². The molecule has 8 heteroatoms. The van der Waals surface area contributed by atoms with E-state index in [0.29, 0.717) is 0 Å². The Morgan fingerprint density at radius 3 is 2.40 bits per heavy atom. The van der Waals surface area contributed by atoms with E-state index in [4.69, 9.17) is 5.73 Å². The number of amides is 2. The molecule has 0 aliphatic heterocycles. The van der Waals surface area contributed by atoms with Gasteiger partial charge in [-0.1, -0.05) is 6.07 Å². The summed E-state index contributed by atoms with van der Waals surface area (Å²) in [5.74, 6) is -2.55. The molecule has 0 bridgehead atoms. The first kappa shape index (κ1) is 16.0.